The molecule has 2 nitrogen and oxygen atoms in total. The largest absolute Gasteiger partial charge is 0.491 e. The fraction of sp³-hybridized carbons (Fsp3) is 0.259. The number of aryl methyl sites for hydroxylation is 1. The summed E-state index contributed by atoms with van der Waals surface area (Å²) in [5.74, 6) is -5.10. The third-order valence-corrected chi connectivity index (χ3v) is 5.93. The molecule has 0 amide bonds. The summed E-state index contributed by atoms with van der Waals surface area (Å²) in [5, 5.41) is 0. The molecule has 0 fully saturated rings. The van der Waals surface area contributed by atoms with Gasteiger partial charge in [-0.1, -0.05) is 30.3 Å². The van der Waals surface area contributed by atoms with Crippen LogP contribution in [0.4, 0.5) is 26.3 Å². The fourth-order valence-electron chi connectivity index (χ4n) is 4.17. The molecule has 0 heterocycles. The highest BCUT2D eigenvalue weighted by molar-refractivity contribution is 5.76. The van der Waals surface area contributed by atoms with Crippen LogP contribution in [0.3, 0.4) is 0 Å². The molecule has 1 aliphatic rings. The Labute approximate surface area is 198 Å². The van der Waals surface area contributed by atoms with E-state index >= 15 is 8.78 Å². The van der Waals surface area contributed by atoms with Crippen molar-refractivity contribution < 1.29 is 35.8 Å². The molecule has 8 heteroatoms. The molecule has 0 spiro atoms. The lowest BCUT2D eigenvalue weighted by Gasteiger charge is -2.28. The van der Waals surface area contributed by atoms with Gasteiger partial charge in [0.05, 0.1) is 6.61 Å². The first kappa shape index (κ1) is 24.7. The van der Waals surface area contributed by atoms with Crippen molar-refractivity contribution in [1.82, 2.24) is 0 Å². The van der Waals surface area contributed by atoms with Gasteiger partial charge in [0.1, 0.15) is 6.61 Å². The number of hydrogen-bond acceptors (Lipinski definition) is 2. The van der Waals surface area contributed by atoms with Crippen LogP contribution in [0.15, 0.2) is 49.1 Å². The van der Waals surface area contributed by atoms with Gasteiger partial charge >= 0.3 is 0 Å². The van der Waals surface area contributed by atoms with Gasteiger partial charge in [-0.3, -0.25) is 0 Å². The van der Waals surface area contributed by atoms with E-state index in [2.05, 4.69) is 6.58 Å². The SMILES string of the molecule is C=CCCc1ccc(COc2ccc3c(c2F)C(F)C(F)c2c-3ccc(OCC)c2F)c(F)c1F. The average molecular weight is 492 g/mol. The number of alkyl halides is 2. The number of halogens is 6. The van der Waals surface area contributed by atoms with E-state index in [-0.39, 0.29) is 41.0 Å². The highest BCUT2D eigenvalue weighted by atomic mass is 19.2. The quantitative estimate of drug-likeness (QED) is 0.234. The summed E-state index contributed by atoms with van der Waals surface area (Å²) in [6, 6.07) is 7.76. The van der Waals surface area contributed by atoms with Crippen LogP contribution in [0.25, 0.3) is 11.1 Å². The first-order valence-electron chi connectivity index (χ1n) is 11.1. The van der Waals surface area contributed by atoms with E-state index in [1.807, 2.05) is 0 Å². The van der Waals surface area contributed by atoms with Gasteiger partial charge in [0.25, 0.3) is 0 Å². The summed E-state index contributed by atoms with van der Waals surface area (Å²) >= 11 is 0. The molecular weight excluding hydrogens is 470 g/mol. The third kappa shape index (κ3) is 4.37. The molecule has 4 rings (SSSR count). The molecule has 0 radical (unpaired) electrons. The minimum absolute atomic E-state index is 0.00367. The summed E-state index contributed by atoms with van der Waals surface area (Å²) in [4.78, 5) is 0. The van der Waals surface area contributed by atoms with Crippen molar-refractivity contribution >= 4 is 0 Å². The van der Waals surface area contributed by atoms with E-state index in [0.717, 1.165) is 6.07 Å². The van der Waals surface area contributed by atoms with Crippen molar-refractivity contribution in [3.05, 3.63) is 94.6 Å². The predicted octanol–water partition coefficient (Wildman–Crippen LogP) is 8.04. The lowest BCUT2D eigenvalue weighted by molar-refractivity contribution is 0.157. The van der Waals surface area contributed by atoms with E-state index in [4.69, 9.17) is 9.47 Å². The number of hydrogen-bond donors (Lipinski definition) is 0. The maximum atomic E-state index is 15.2. The summed E-state index contributed by atoms with van der Waals surface area (Å²) in [6.45, 7) is 4.74. The van der Waals surface area contributed by atoms with Crippen molar-refractivity contribution in [3.8, 4) is 22.6 Å². The lowest BCUT2D eigenvalue weighted by atomic mass is 9.82. The smallest absolute Gasteiger partial charge is 0.171 e. The first-order chi connectivity index (χ1) is 16.8. The minimum Gasteiger partial charge on any atom is -0.491 e. The summed E-state index contributed by atoms with van der Waals surface area (Å²) in [5.41, 5.74) is -1.21. The van der Waals surface area contributed by atoms with Gasteiger partial charge < -0.3 is 9.47 Å². The van der Waals surface area contributed by atoms with Crippen molar-refractivity contribution in [2.75, 3.05) is 6.61 Å². The van der Waals surface area contributed by atoms with Gasteiger partial charge in [-0.15, -0.1) is 6.58 Å². The molecule has 0 bridgehead atoms. The normalized spacial score (nSPS) is 16.4. The second-order valence-corrected chi connectivity index (χ2v) is 8.04. The van der Waals surface area contributed by atoms with Crippen LogP contribution in [-0.2, 0) is 13.0 Å². The monoisotopic (exact) mass is 492 g/mol. The lowest BCUT2D eigenvalue weighted by Crippen LogP contribution is -2.16. The molecular formula is C27H22F6O2. The summed E-state index contributed by atoms with van der Waals surface area (Å²) < 4.78 is 99.1. The van der Waals surface area contributed by atoms with Crippen molar-refractivity contribution in [2.45, 2.75) is 38.7 Å². The van der Waals surface area contributed by atoms with E-state index in [0.29, 0.717) is 6.42 Å². The topological polar surface area (TPSA) is 18.5 Å². The summed E-state index contributed by atoms with van der Waals surface area (Å²) in [7, 11) is 0. The molecule has 1 aliphatic carbocycles. The molecule has 3 aromatic rings. The van der Waals surface area contributed by atoms with Crippen LogP contribution >= 0.6 is 0 Å². The number of ether oxygens (including phenoxy) is 2. The molecule has 0 N–H and O–H groups in total. The van der Waals surface area contributed by atoms with Gasteiger partial charge in [-0.25, -0.2) is 26.3 Å². The second-order valence-electron chi connectivity index (χ2n) is 8.04. The Hall–Kier alpha value is -3.42. The Morgan fingerprint density at radius 3 is 1.80 bits per heavy atom. The number of benzene rings is 3. The minimum atomic E-state index is -2.51. The van der Waals surface area contributed by atoms with Crippen LogP contribution in [0, 0.1) is 23.3 Å². The zero-order valence-electron chi connectivity index (χ0n) is 18.8. The van der Waals surface area contributed by atoms with E-state index < -0.39 is 59.1 Å². The molecule has 3 aromatic carbocycles. The van der Waals surface area contributed by atoms with Gasteiger partial charge in [-0.05, 0) is 48.6 Å². The zero-order chi connectivity index (χ0) is 25.3. The Balaban J connectivity index is 1.65. The molecule has 0 saturated carbocycles. The molecule has 35 heavy (non-hydrogen) atoms. The Morgan fingerprint density at radius 1 is 0.743 bits per heavy atom. The summed E-state index contributed by atoms with van der Waals surface area (Å²) in [6.07, 6.45) is -2.67. The molecule has 0 saturated heterocycles. The van der Waals surface area contributed by atoms with Crippen molar-refractivity contribution in [3.63, 3.8) is 0 Å². The van der Waals surface area contributed by atoms with Crippen molar-refractivity contribution in [1.29, 1.82) is 0 Å². The third-order valence-electron chi connectivity index (χ3n) is 5.93. The average Bonchev–Trinajstić information content (AvgIpc) is 2.84. The highest BCUT2D eigenvalue weighted by Crippen LogP contribution is 2.52. The molecule has 184 valence electrons. The first-order valence-corrected chi connectivity index (χ1v) is 11.1. The van der Waals surface area contributed by atoms with Crippen LogP contribution in [0.2, 0.25) is 0 Å². The molecule has 0 aliphatic heterocycles. The van der Waals surface area contributed by atoms with E-state index in [1.165, 1.54) is 30.3 Å². The van der Waals surface area contributed by atoms with Gasteiger partial charge in [-0.2, -0.15) is 0 Å². The number of rotatable bonds is 8. The highest BCUT2D eigenvalue weighted by Gasteiger charge is 2.40. The Morgan fingerprint density at radius 2 is 1.26 bits per heavy atom. The Bertz CT molecular complexity index is 1270. The predicted molar refractivity (Wildman–Crippen MR) is 120 cm³/mol. The Kier molecular flexibility index (Phi) is 7.10. The zero-order valence-corrected chi connectivity index (χ0v) is 18.8. The molecule has 2 atom stereocenters. The maximum absolute atomic E-state index is 15.2. The fourth-order valence-corrected chi connectivity index (χ4v) is 4.17. The molecule has 0 aromatic heterocycles. The van der Waals surface area contributed by atoms with Crippen LogP contribution in [0.5, 0.6) is 11.5 Å². The molecule has 2 unspecified atom stereocenters. The van der Waals surface area contributed by atoms with Crippen LogP contribution in [-0.4, -0.2) is 6.61 Å². The van der Waals surface area contributed by atoms with Crippen LogP contribution in [0.1, 0.15) is 47.9 Å². The maximum Gasteiger partial charge on any atom is 0.171 e. The number of allylic oxidation sites excluding steroid dienone is 1. The van der Waals surface area contributed by atoms with Gasteiger partial charge in [0.15, 0.2) is 47.1 Å². The number of fused-ring (bicyclic) bond motifs is 3. The van der Waals surface area contributed by atoms with Crippen molar-refractivity contribution in [2.24, 2.45) is 0 Å². The standard InChI is InChI=1S/C27H22F6O2/c1-3-5-6-14-7-8-15(23(29)22(14)28)13-35-19-12-10-17-16-9-11-18(34-4-2)24(30)20(16)26(32)27(33)21(17)25(19)31/h3,7-12,26-27H,1,4-6,13H2,2H3. The van der Waals surface area contributed by atoms with E-state index in [1.54, 1.807) is 13.0 Å². The van der Waals surface area contributed by atoms with Gasteiger partial charge in [0, 0.05) is 16.7 Å². The second kappa shape index (κ2) is 10.1. The van der Waals surface area contributed by atoms with Gasteiger partial charge in [0.2, 0.25) is 0 Å². The van der Waals surface area contributed by atoms with Crippen LogP contribution < -0.4 is 9.47 Å². The van der Waals surface area contributed by atoms with E-state index in [9.17, 15) is 17.6 Å².